The first-order valence-electron chi connectivity index (χ1n) is 5.13. The second kappa shape index (κ2) is 4.59. The molecule has 15 heavy (non-hydrogen) atoms. The van der Waals surface area contributed by atoms with E-state index in [9.17, 15) is 0 Å². The molecule has 0 radical (unpaired) electrons. The van der Waals surface area contributed by atoms with Crippen LogP contribution in [0.3, 0.4) is 0 Å². The maximum atomic E-state index is 5.89. The molecule has 1 unspecified atom stereocenters. The van der Waals surface area contributed by atoms with E-state index in [4.69, 9.17) is 5.73 Å². The third-order valence-corrected chi connectivity index (χ3v) is 3.30. The molecule has 1 atom stereocenters. The van der Waals surface area contributed by atoms with Crippen LogP contribution in [0, 0.1) is 0 Å². The summed E-state index contributed by atoms with van der Waals surface area (Å²) < 4.78 is 0. The van der Waals surface area contributed by atoms with Gasteiger partial charge >= 0.3 is 0 Å². The third-order valence-electron chi connectivity index (χ3n) is 2.41. The Morgan fingerprint density at radius 2 is 2.47 bits per heavy atom. The highest BCUT2D eigenvalue weighted by Crippen LogP contribution is 2.23. The van der Waals surface area contributed by atoms with Crippen LogP contribution in [0.1, 0.15) is 19.0 Å². The summed E-state index contributed by atoms with van der Waals surface area (Å²) in [7, 11) is 0. The van der Waals surface area contributed by atoms with E-state index in [0.29, 0.717) is 0 Å². The number of nitrogens with zero attached hydrogens (tertiary/aromatic N) is 1. The lowest BCUT2D eigenvalue weighted by Crippen LogP contribution is -2.21. The predicted octanol–water partition coefficient (Wildman–Crippen LogP) is 2.42. The van der Waals surface area contributed by atoms with Crippen LogP contribution in [0.2, 0.25) is 0 Å². The zero-order valence-electron chi connectivity index (χ0n) is 8.73. The van der Waals surface area contributed by atoms with Crippen molar-refractivity contribution in [3.05, 3.63) is 29.3 Å². The summed E-state index contributed by atoms with van der Waals surface area (Å²) in [5.41, 5.74) is 8.02. The van der Waals surface area contributed by atoms with Crippen molar-refractivity contribution < 1.29 is 0 Å². The fourth-order valence-electron chi connectivity index (χ4n) is 1.44. The van der Waals surface area contributed by atoms with Crippen molar-refractivity contribution in [2.75, 3.05) is 0 Å². The summed E-state index contributed by atoms with van der Waals surface area (Å²) >= 11 is 1.70. The summed E-state index contributed by atoms with van der Waals surface area (Å²) in [6.45, 7) is 2.10. The van der Waals surface area contributed by atoms with E-state index in [1.165, 1.54) is 4.88 Å². The van der Waals surface area contributed by atoms with Crippen LogP contribution < -0.4 is 5.73 Å². The molecule has 0 aliphatic carbocycles. The Hall–Kier alpha value is -1.13. The van der Waals surface area contributed by atoms with Crippen LogP contribution in [-0.4, -0.2) is 16.2 Å². The molecule has 3 nitrogen and oxygen atoms in total. The molecule has 0 aliphatic heterocycles. The summed E-state index contributed by atoms with van der Waals surface area (Å²) in [6.07, 6.45) is 1.86. The Morgan fingerprint density at radius 1 is 1.60 bits per heavy atom. The van der Waals surface area contributed by atoms with Gasteiger partial charge in [-0.05, 0) is 23.9 Å². The first kappa shape index (κ1) is 10.4. The number of nitrogens with two attached hydrogens (primary N) is 1. The Kier molecular flexibility index (Phi) is 3.18. The molecule has 0 saturated heterocycles. The minimum atomic E-state index is 0.224. The van der Waals surface area contributed by atoms with Gasteiger partial charge in [0.1, 0.15) is 5.69 Å². The molecule has 4 heteroatoms. The lowest BCUT2D eigenvalue weighted by molar-refractivity contribution is 0.635. The van der Waals surface area contributed by atoms with Crippen LogP contribution in [0.15, 0.2) is 23.6 Å². The number of hydrogen-bond acceptors (Lipinski definition) is 3. The Morgan fingerprint density at radius 3 is 3.13 bits per heavy atom. The number of H-pyrrole nitrogens is 1. The van der Waals surface area contributed by atoms with Crippen molar-refractivity contribution >= 4 is 11.3 Å². The van der Waals surface area contributed by atoms with Gasteiger partial charge in [-0.1, -0.05) is 13.0 Å². The Bertz CT molecular complexity index is 405. The molecule has 0 fully saturated rings. The van der Waals surface area contributed by atoms with E-state index in [-0.39, 0.29) is 6.04 Å². The maximum absolute atomic E-state index is 5.89. The molecule has 0 saturated carbocycles. The van der Waals surface area contributed by atoms with Crippen LogP contribution in [0.5, 0.6) is 0 Å². The van der Waals surface area contributed by atoms with Crippen molar-refractivity contribution in [1.29, 1.82) is 0 Å². The van der Waals surface area contributed by atoms with Gasteiger partial charge in [-0.3, -0.25) is 5.10 Å². The predicted molar refractivity (Wildman–Crippen MR) is 63.9 cm³/mol. The summed E-state index contributed by atoms with van der Waals surface area (Å²) in [5.74, 6) is 0. The SMILES string of the molecule is CCC(N)Cc1cc(-c2cccs2)n[nH]1. The largest absolute Gasteiger partial charge is 0.327 e. The van der Waals surface area contributed by atoms with Gasteiger partial charge in [0.2, 0.25) is 0 Å². The smallest absolute Gasteiger partial charge is 0.102 e. The lowest BCUT2D eigenvalue weighted by Gasteiger charge is -2.04. The molecule has 2 aromatic heterocycles. The third kappa shape index (κ3) is 2.46. The molecule has 2 rings (SSSR count). The van der Waals surface area contributed by atoms with Gasteiger partial charge in [-0.2, -0.15) is 5.10 Å². The number of aromatic amines is 1. The molecule has 0 aromatic carbocycles. The van der Waals surface area contributed by atoms with E-state index < -0.39 is 0 Å². The van der Waals surface area contributed by atoms with Crippen LogP contribution in [-0.2, 0) is 6.42 Å². The van der Waals surface area contributed by atoms with Crippen LogP contribution >= 0.6 is 11.3 Å². The van der Waals surface area contributed by atoms with Crippen LogP contribution in [0.25, 0.3) is 10.6 Å². The van der Waals surface area contributed by atoms with Crippen molar-refractivity contribution in [2.24, 2.45) is 5.73 Å². The zero-order valence-corrected chi connectivity index (χ0v) is 9.55. The lowest BCUT2D eigenvalue weighted by atomic mass is 10.1. The van der Waals surface area contributed by atoms with E-state index in [0.717, 1.165) is 24.2 Å². The maximum Gasteiger partial charge on any atom is 0.102 e. The molecular weight excluding hydrogens is 206 g/mol. The van der Waals surface area contributed by atoms with Crippen molar-refractivity contribution in [3.8, 4) is 10.6 Å². The van der Waals surface area contributed by atoms with Gasteiger partial charge in [-0.15, -0.1) is 11.3 Å². The topological polar surface area (TPSA) is 54.7 Å². The Labute approximate surface area is 93.3 Å². The standard InChI is InChI=1S/C11H15N3S/c1-2-8(12)6-9-7-10(14-13-9)11-4-3-5-15-11/h3-5,7-8H,2,6,12H2,1H3,(H,13,14). The first-order chi connectivity index (χ1) is 7.29. The van der Waals surface area contributed by atoms with Gasteiger partial charge in [0.05, 0.1) is 4.88 Å². The zero-order chi connectivity index (χ0) is 10.7. The van der Waals surface area contributed by atoms with E-state index in [2.05, 4.69) is 34.6 Å². The molecular formula is C11H15N3S. The molecule has 3 N–H and O–H groups in total. The highest BCUT2D eigenvalue weighted by atomic mass is 32.1. The summed E-state index contributed by atoms with van der Waals surface area (Å²) in [5, 5.41) is 9.37. The molecule has 80 valence electrons. The number of aromatic nitrogens is 2. The minimum Gasteiger partial charge on any atom is -0.327 e. The molecule has 0 bridgehead atoms. The molecule has 2 heterocycles. The van der Waals surface area contributed by atoms with Gasteiger partial charge < -0.3 is 5.73 Å². The van der Waals surface area contributed by atoms with Gasteiger partial charge in [0, 0.05) is 18.2 Å². The summed E-state index contributed by atoms with van der Waals surface area (Å²) in [4.78, 5) is 1.20. The highest BCUT2D eigenvalue weighted by Gasteiger charge is 2.07. The van der Waals surface area contributed by atoms with Crippen molar-refractivity contribution in [1.82, 2.24) is 10.2 Å². The number of nitrogens with one attached hydrogen (secondary N) is 1. The van der Waals surface area contributed by atoms with Crippen molar-refractivity contribution in [3.63, 3.8) is 0 Å². The van der Waals surface area contributed by atoms with E-state index >= 15 is 0 Å². The normalized spacial score (nSPS) is 12.9. The first-order valence-corrected chi connectivity index (χ1v) is 6.01. The number of thiophene rings is 1. The second-order valence-corrected chi connectivity index (χ2v) is 4.58. The van der Waals surface area contributed by atoms with Crippen LogP contribution in [0.4, 0.5) is 0 Å². The van der Waals surface area contributed by atoms with E-state index in [1.54, 1.807) is 11.3 Å². The fourth-order valence-corrected chi connectivity index (χ4v) is 2.13. The summed E-state index contributed by atoms with van der Waals surface area (Å²) in [6, 6.07) is 6.42. The monoisotopic (exact) mass is 221 g/mol. The van der Waals surface area contributed by atoms with E-state index in [1.807, 2.05) is 6.07 Å². The second-order valence-electron chi connectivity index (χ2n) is 3.63. The van der Waals surface area contributed by atoms with Crippen molar-refractivity contribution in [2.45, 2.75) is 25.8 Å². The van der Waals surface area contributed by atoms with Gasteiger partial charge in [-0.25, -0.2) is 0 Å². The minimum absolute atomic E-state index is 0.224. The molecule has 2 aromatic rings. The molecule has 0 aliphatic rings. The number of hydrogen-bond donors (Lipinski definition) is 2. The Balaban J connectivity index is 2.11. The van der Waals surface area contributed by atoms with Gasteiger partial charge in [0.15, 0.2) is 0 Å². The van der Waals surface area contributed by atoms with Gasteiger partial charge in [0.25, 0.3) is 0 Å². The average Bonchev–Trinajstić information content (AvgIpc) is 2.85. The average molecular weight is 221 g/mol. The highest BCUT2D eigenvalue weighted by molar-refractivity contribution is 7.13. The quantitative estimate of drug-likeness (QED) is 0.833. The molecule has 0 spiro atoms. The molecule has 0 amide bonds. The fraction of sp³-hybridized carbons (Fsp3) is 0.364. The number of rotatable bonds is 4.